The zero-order valence-corrected chi connectivity index (χ0v) is 14.7. The largest absolute Gasteiger partial charge is 0.335 e. The van der Waals surface area contributed by atoms with Crippen LogP contribution in [0.1, 0.15) is 0 Å². The molecule has 0 spiro atoms. The molecule has 0 unspecified atom stereocenters. The van der Waals surface area contributed by atoms with Crippen LogP contribution < -0.4 is 0 Å². The number of aromatic nitrogens is 6. The van der Waals surface area contributed by atoms with Crippen molar-refractivity contribution in [2.45, 2.75) is 0 Å². The van der Waals surface area contributed by atoms with Crippen LogP contribution in [-0.2, 0) is 7.05 Å². The van der Waals surface area contributed by atoms with E-state index in [2.05, 4.69) is 44.3 Å². The van der Waals surface area contributed by atoms with Crippen LogP contribution in [0.5, 0.6) is 0 Å². The predicted octanol–water partition coefficient (Wildman–Crippen LogP) is 4.09. The number of nitrogens with one attached hydrogen (secondary N) is 1. The normalized spacial score (nSPS) is 11.1. The lowest BCUT2D eigenvalue weighted by atomic mass is 10.1. The number of aromatic amines is 1. The number of hydrogen-bond acceptors (Lipinski definition) is 4. The first-order valence-electron chi connectivity index (χ1n) is 8.64. The van der Waals surface area contributed by atoms with Gasteiger partial charge in [-0.1, -0.05) is 30.3 Å². The number of aryl methyl sites for hydroxylation is 1. The van der Waals surface area contributed by atoms with Crippen molar-refractivity contribution in [2.24, 2.45) is 7.05 Å². The molecule has 0 atom stereocenters. The van der Waals surface area contributed by atoms with Crippen molar-refractivity contribution < 1.29 is 0 Å². The van der Waals surface area contributed by atoms with E-state index in [0.717, 1.165) is 45.1 Å². The molecule has 0 aliphatic carbocycles. The molecule has 1 N–H and O–H groups in total. The van der Waals surface area contributed by atoms with Gasteiger partial charge in [-0.15, -0.1) is 0 Å². The summed E-state index contributed by atoms with van der Waals surface area (Å²) in [4.78, 5) is 16.7. The molecule has 6 nitrogen and oxygen atoms in total. The Balaban J connectivity index is 1.56. The Morgan fingerprint density at radius 2 is 1.70 bits per heavy atom. The molecule has 27 heavy (non-hydrogen) atoms. The Kier molecular flexibility index (Phi) is 3.53. The van der Waals surface area contributed by atoms with Gasteiger partial charge < -0.3 is 4.98 Å². The summed E-state index contributed by atoms with van der Waals surface area (Å²) in [6.07, 6.45) is 5.37. The van der Waals surface area contributed by atoms with E-state index in [1.54, 1.807) is 17.1 Å². The summed E-state index contributed by atoms with van der Waals surface area (Å²) in [6, 6.07) is 18.0. The fourth-order valence-corrected chi connectivity index (χ4v) is 3.18. The molecule has 0 radical (unpaired) electrons. The molecule has 0 aliphatic heterocycles. The summed E-state index contributed by atoms with van der Waals surface area (Å²) in [5.74, 6) is 0.815. The van der Waals surface area contributed by atoms with E-state index in [1.807, 2.05) is 43.6 Å². The van der Waals surface area contributed by atoms with Crippen molar-refractivity contribution in [2.75, 3.05) is 0 Å². The van der Waals surface area contributed by atoms with Gasteiger partial charge in [-0.25, -0.2) is 9.67 Å². The average Bonchev–Trinajstić information content (AvgIpc) is 3.30. The van der Waals surface area contributed by atoms with Crippen LogP contribution in [0, 0.1) is 0 Å². The monoisotopic (exact) mass is 352 g/mol. The number of imidazole rings is 1. The van der Waals surface area contributed by atoms with Crippen molar-refractivity contribution in [3.63, 3.8) is 0 Å². The number of benzene rings is 1. The van der Waals surface area contributed by atoms with Gasteiger partial charge in [-0.3, -0.25) is 9.97 Å². The van der Waals surface area contributed by atoms with Crippen LogP contribution in [0.15, 0.2) is 73.2 Å². The molecule has 1 aromatic carbocycles. The van der Waals surface area contributed by atoms with Crippen LogP contribution in [-0.4, -0.2) is 29.7 Å². The summed E-state index contributed by atoms with van der Waals surface area (Å²) in [5.41, 5.74) is 6.59. The molecular weight excluding hydrogens is 336 g/mol. The van der Waals surface area contributed by atoms with E-state index in [9.17, 15) is 0 Å². The van der Waals surface area contributed by atoms with Gasteiger partial charge in [0.25, 0.3) is 0 Å². The summed E-state index contributed by atoms with van der Waals surface area (Å²) in [7, 11) is 1.90. The van der Waals surface area contributed by atoms with Crippen LogP contribution in [0.2, 0.25) is 0 Å². The minimum absolute atomic E-state index is 0.815. The molecule has 0 aliphatic rings. The van der Waals surface area contributed by atoms with Crippen LogP contribution in [0.25, 0.3) is 45.1 Å². The smallest absolute Gasteiger partial charge is 0.177 e. The minimum atomic E-state index is 0.815. The first-order chi connectivity index (χ1) is 13.3. The Morgan fingerprint density at radius 3 is 2.44 bits per heavy atom. The maximum Gasteiger partial charge on any atom is 0.177 e. The van der Waals surface area contributed by atoms with Crippen molar-refractivity contribution >= 4 is 11.2 Å². The van der Waals surface area contributed by atoms with Crippen LogP contribution in [0.3, 0.4) is 0 Å². The summed E-state index contributed by atoms with van der Waals surface area (Å²) >= 11 is 0. The highest BCUT2D eigenvalue weighted by molar-refractivity contribution is 5.90. The maximum atomic E-state index is 4.74. The molecule has 6 heteroatoms. The predicted molar refractivity (Wildman–Crippen MR) is 105 cm³/mol. The number of pyridine rings is 2. The van der Waals surface area contributed by atoms with Gasteiger partial charge >= 0.3 is 0 Å². The number of H-pyrrole nitrogens is 1. The SMILES string of the molecule is Cn1nc(-c2cccnc2)c2[nH]c(-c3ccc(-c4ccccn4)cc3)nc21. The fourth-order valence-electron chi connectivity index (χ4n) is 3.18. The summed E-state index contributed by atoms with van der Waals surface area (Å²) in [5, 5.41) is 4.58. The zero-order chi connectivity index (χ0) is 18.2. The fraction of sp³-hybridized carbons (Fsp3) is 0.0476. The molecule has 0 saturated carbocycles. The molecule has 0 saturated heterocycles. The molecule has 4 heterocycles. The van der Waals surface area contributed by atoms with Crippen LogP contribution in [0.4, 0.5) is 0 Å². The van der Waals surface area contributed by atoms with E-state index in [4.69, 9.17) is 4.98 Å². The van der Waals surface area contributed by atoms with E-state index in [0.29, 0.717) is 0 Å². The Labute approximate surface area is 155 Å². The molecule has 0 bridgehead atoms. The number of hydrogen-bond donors (Lipinski definition) is 1. The highest BCUT2D eigenvalue weighted by atomic mass is 15.3. The first-order valence-corrected chi connectivity index (χ1v) is 8.64. The highest BCUT2D eigenvalue weighted by Crippen LogP contribution is 2.29. The standard InChI is InChI=1S/C21H16N6/c1-27-21-19(18(26-27)16-5-4-11-22-13-16)24-20(25-21)15-9-7-14(8-10-15)17-6-2-3-12-23-17/h2-13H,1H3,(H,24,25). The van der Waals surface area contributed by atoms with Gasteiger partial charge in [0.05, 0.1) is 5.69 Å². The molecular formula is C21H16N6. The lowest BCUT2D eigenvalue weighted by Gasteiger charge is -2.02. The van der Waals surface area contributed by atoms with Crippen LogP contribution >= 0.6 is 0 Å². The number of rotatable bonds is 3. The average molecular weight is 352 g/mol. The second kappa shape index (κ2) is 6.17. The second-order valence-electron chi connectivity index (χ2n) is 6.29. The molecule has 0 fully saturated rings. The van der Waals surface area contributed by atoms with Gasteiger partial charge in [-0.2, -0.15) is 5.10 Å². The maximum absolute atomic E-state index is 4.74. The Morgan fingerprint density at radius 1 is 0.852 bits per heavy atom. The van der Waals surface area contributed by atoms with Crippen molar-refractivity contribution in [1.82, 2.24) is 29.7 Å². The third-order valence-corrected chi connectivity index (χ3v) is 4.53. The Bertz CT molecular complexity index is 1200. The zero-order valence-electron chi connectivity index (χ0n) is 14.7. The van der Waals surface area contributed by atoms with Gasteiger partial charge in [0.15, 0.2) is 5.65 Å². The van der Waals surface area contributed by atoms with Crippen molar-refractivity contribution in [3.8, 4) is 33.9 Å². The molecule has 5 rings (SSSR count). The Hall–Kier alpha value is -3.80. The van der Waals surface area contributed by atoms with Gasteiger partial charge in [-0.05, 0) is 24.3 Å². The van der Waals surface area contributed by atoms with E-state index >= 15 is 0 Å². The lowest BCUT2D eigenvalue weighted by molar-refractivity contribution is 0.790. The van der Waals surface area contributed by atoms with Gasteiger partial charge in [0.2, 0.25) is 0 Å². The first kappa shape index (κ1) is 15.5. The van der Waals surface area contributed by atoms with E-state index in [-0.39, 0.29) is 0 Å². The van der Waals surface area contributed by atoms with Gasteiger partial charge in [0.1, 0.15) is 17.0 Å². The molecule has 0 amide bonds. The molecule has 130 valence electrons. The lowest BCUT2D eigenvalue weighted by Crippen LogP contribution is -1.92. The number of fused-ring (bicyclic) bond motifs is 1. The summed E-state index contributed by atoms with van der Waals surface area (Å²) < 4.78 is 1.79. The third kappa shape index (κ3) is 2.67. The summed E-state index contributed by atoms with van der Waals surface area (Å²) in [6.45, 7) is 0. The minimum Gasteiger partial charge on any atom is -0.335 e. The van der Waals surface area contributed by atoms with Gasteiger partial charge in [0, 0.05) is 42.3 Å². The van der Waals surface area contributed by atoms with Crippen molar-refractivity contribution in [3.05, 3.63) is 73.2 Å². The second-order valence-corrected chi connectivity index (χ2v) is 6.29. The number of nitrogens with zero attached hydrogens (tertiary/aromatic N) is 5. The quantitative estimate of drug-likeness (QED) is 0.531. The molecule has 5 aromatic rings. The van der Waals surface area contributed by atoms with E-state index in [1.165, 1.54) is 0 Å². The third-order valence-electron chi connectivity index (χ3n) is 4.53. The van der Waals surface area contributed by atoms with E-state index < -0.39 is 0 Å². The topological polar surface area (TPSA) is 72.3 Å². The highest BCUT2D eigenvalue weighted by Gasteiger charge is 2.16. The van der Waals surface area contributed by atoms with Crippen molar-refractivity contribution in [1.29, 1.82) is 0 Å². The molecule has 4 aromatic heterocycles.